The minimum absolute atomic E-state index is 0.111. The number of allylic oxidation sites excluding steroid dienone is 7. The standard InChI is InChI=1S/C45H72O12/c1-11-16-35(48)42(54-9)44-45(6,57-44)39(49)21-15-20-38-43(55-10)41(51)32(5)28-31(4)24-26-34(47)37(53-8)19-14-17-29(2)27-30(3)23-25-33(46)36(52-7)18-12-13-22-40(50)56-38/h12-13,15,18,20,22-29,32-39,41-44,46-49,51H,11,14,16-17,19,21H2,1-10H3/b18-12-,20-15+,22-13-,25-23-,26-24-,30-27-,31-28-/t29-,32-,33-,34-,35+,36-,37-,38+,39+,41+,42-,43+,44-,45+/m1/s1. The maximum atomic E-state index is 13.2. The van der Waals surface area contributed by atoms with E-state index in [2.05, 4.69) is 13.0 Å². The molecule has 0 bridgehead atoms. The number of methoxy groups -OCH3 is 4. The predicted octanol–water partition coefficient (Wildman–Crippen LogP) is 5.24. The number of carbonyl (C=O) groups is 1. The van der Waals surface area contributed by atoms with Crippen LogP contribution >= 0.6 is 0 Å². The van der Waals surface area contributed by atoms with Crippen molar-refractivity contribution in [3.8, 4) is 0 Å². The third kappa shape index (κ3) is 16.4. The zero-order valence-electron chi connectivity index (χ0n) is 35.8. The van der Waals surface area contributed by atoms with Crippen LogP contribution in [0, 0.1) is 11.8 Å². The Kier molecular flexibility index (Phi) is 22.7. The summed E-state index contributed by atoms with van der Waals surface area (Å²) < 4.78 is 34.1. The van der Waals surface area contributed by atoms with Crippen LogP contribution in [0.4, 0.5) is 0 Å². The van der Waals surface area contributed by atoms with Gasteiger partial charge in [0.1, 0.15) is 42.2 Å². The number of carbonyl (C=O) groups excluding carboxylic acids is 1. The zero-order valence-corrected chi connectivity index (χ0v) is 35.8. The normalized spacial score (nSPS) is 38.8. The molecule has 57 heavy (non-hydrogen) atoms. The number of ether oxygens (including phenoxy) is 6. The van der Waals surface area contributed by atoms with Crippen molar-refractivity contribution >= 4 is 5.97 Å². The van der Waals surface area contributed by atoms with E-state index < -0.39 is 84.6 Å². The van der Waals surface area contributed by atoms with Gasteiger partial charge in [0.2, 0.25) is 0 Å². The lowest BCUT2D eigenvalue weighted by atomic mass is 9.91. The van der Waals surface area contributed by atoms with Crippen LogP contribution in [-0.2, 0) is 33.2 Å². The van der Waals surface area contributed by atoms with E-state index in [4.69, 9.17) is 28.4 Å². The van der Waals surface area contributed by atoms with Crippen molar-refractivity contribution in [2.45, 2.75) is 153 Å². The molecule has 0 aromatic carbocycles. The molecule has 2 aliphatic heterocycles. The van der Waals surface area contributed by atoms with Gasteiger partial charge in [-0.25, -0.2) is 4.79 Å². The first kappa shape index (κ1) is 50.4. The monoisotopic (exact) mass is 805 g/mol. The number of aliphatic hydroxyl groups excluding tert-OH is 5. The molecule has 1 saturated heterocycles. The maximum absolute atomic E-state index is 13.2. The second-order valence-corrected chi connectivity index (χ2v) is 15.6. The molecule has 2 aliphatic rings. The second kappa shape index (κ2) is 25.7. The molecule has 0 aliphatic carbocycles. The molecule has 0 saturated carbocycles. The number of aliphatic hydroxyl groups is 5. The first-order valence-corrected chi connectivity index (χ1v) is 20.2. The number of cyclic esters (lactones) is 1. The fourth-order valence-electron chi connectivity index (χ4n) is 7.17. The van der Waals surface area contributed by atoms with Crippen LogP contribution in [0.2, 0.25) is 0 Å². The molecule has 12 nitrogen and oxygen atoms in total. The molecule has 0 amide bonds. The quantitative estimate of drug-likeness (QED) is 0.0987. The van der Waals surface area contributed by atoms with Gasteiger partial charge >= 0.3 is 5.97 Å². The summed E-state index contributed by atoms with van der Waals surface area (Å²) in [6.07, 6.45) is 14.9. The summed E-state index contributed by atoms with van der Waals surface area (Å²) in [6, 6.07) is 0. The highest BCUT2D eigenvalue weighted by Crippen LogP contribution is 2.44. The minimum Gasteiger partial charge on any atom is -0.452 e. The zero-order chi connectivity index (χ0) is 42.7. The number of esters is 1. The van der Waals surface area contributed by atoms with Crippen molar-refractivity contribution in [2.24, 2.45) is 11.8 Å². The molecule has 5 N–H and O–H groups in total. The SMILES string of the molecule is CCC[C@H](O)[C@@H](OC)[C@H]1O[C@@]1(C)[C@@H](O)C/C=C/[C@@H]1OC(=O)/C=C\C=C/[C@@H](OC)[C@H](O)/C=C\C(C)=C/[C@H](C)CCC[C@@H](OC)[C@H](O)/C=C\C(C)=C/[C@@H](C)[C@H](O)[C@H]1OC. The van der Waals surface area contributed by atoms with E-state index in [1.807, 2.05) is 39.8 Å². The van der Waals surface area contributed by atoms with E-state index >= 15 is 0 Å². The van der Waals surface area contributed by atoms with Crippen LogP contribution in [0.1, 0.15) is 80.1 Å². The molecule has 0 spiro atoms. The van der Waals surface area contributed by atoms with Gasteiger partial charge in [-0.2, -0.15) is 0 Å². The summed E-state index contributed by atoms with van der Waals surface area (Å²) in [5, 5.41) is 55.0. The van der Waals surface area contributed by atoms with Gasteiger partial charge in [-0.15, -0.1) is 0 Å². The molecule has 14 atom stereocenters. The third-order valence-corrected chi connectivity index (χ3v) is 10.8. The molecular weight excluding hydrogens is 732 g/mol. The summed E-state index contributed by atoms with van der Waals surface area (Å²) in [7, 11) is 5.99. The van der Waals surface area contributed by atoms with Crippen LogP contribution in [0.15, 0.2) is 84.1 Å². The molecule has 0 aromatic rings. The Morgan fingerprint density at radius 2 is 1.56 bits per heavy atom. The molecule has 0 radical (unpaired) electrons. The van der Waals surface area contributed by atoms with Gasteiger partial charge in [0.05, 0.1) is 30.5 Å². The van der Waals surface area contributed by atoms with Crippen molar-refractivity contribution in [2.75, 3.05) is 28.4 Å². The summed E-state index contributed by atoms with van der Waals surface area (Å²) >= 11 is 0. The summed E-state index contributed by atoms with van der Waals surface area (Å²) in [6.45, 7) is 11.5. The molecule has 0 aromatic heterocycles. The first-order valence-electron chi connectivity index (χ1n) is 20.2. The number of epoxide rings is 1. The Balaban J connectivity index is 2.42. The van der Waals surface area contributed by atoms with E-state index in [9.17, 15) is 30.3 Å². The van der Waals surface area contributed by atoms with Crippen LogP contribution in [-0.4, -0.2) is 133 Å². The molecule has 2 heterocycles. The molecule has 324 valence electrons. The predicted molar refractivity (Wildman–Crippen MR) is 221 cm³/mol. The van der Waals surface area contributed by atoms with Crippen LogP contribution in [0.3, 0.4) is 0 Å². The van der Waals surface area contributed by atoms with E-state index in [1.54, 1.807) is 56.6 Å². The van der Waals surface area contributed by atoms with Crippen molar-refractivity contribution in [3.05, 3.63) is 84.1 Å². The van der Waals surface area contributed by atoms with E-state index in [0.29, 0.717) is 12.8 Å². The number of rotatable bonds is 12. The fourth-order valence-corrected chi connectivity index (χ4v) is 7.17. The molecule has 12 heteroatoms. The lowest BCUT2D eigenvalue weighted by Gasteiger charge is -2.30. The summed E-state index contributed by atoms with van der Waals surface area (Å²) in [5.74, 6) is -0.927. The van der Waals surface area contributed by atoms with Gasteiger partial charge in [0.25, 0.3) is 0 Å². The lowest BCUT2D eigenvalue weighted by molar-refractivity contribution is -0.152. The van der Waals surface area contributed by atoms with Gasteiger partial charge in [-0.1, -0.05) is 106 Å². The number of hydrogen-bond acceptors (Lipinski definition) is 12. The Hall–Kier alpha value is -2.75. The smallest absolute Gasteiger partial charge is 0.331 e. The fraction of sp³-hybridized carbons (Fsp3) is 0.667. The third-order valence-electron chi connectivity index (χ3n) is 10.8. The maximum Gasteiger partial charge on any atom is 0.331 e. The van der Waals surface area contributed by atoms with Gasteiger partial charge in [-0.3, -0.25) is 0 Å². The van der Waals surface area contributed by atoms with Gasteiger partial charge in [0.15, 0.2) is 0 Å². The first-order chi connectivity index (χ1) is 27.1. The second-order valence-electron chi connectivity index (χ2n) is 15.6. The van der Waals surface area contributed by atoms with E-state index in [-0.39, 0.29) is 12.3 Å². The summed E-state index contributed by atoms with van der Waals surface area (Å²) in [5.41, 5.74) is 0.821. The largest absolute Gasteiger partial charge is 0.452 e. The Bertz CT molecular complexity index is 1400. The van der Waals surface area contributed by atoms with Crippen LogP contribution in [0.25, 0.3) is 0 Å². The Morgan fingerprint density at radius 1 is 0.895 bits per heavy atom. The van der Waals surface area contributed by atoms with Crippen LogP contribution in [0.5, 0.6) is 0 Å². The minimum atomic E-state index is -1.14. The summed E-state index contributed by atoms with van der Waals surface area (Å²) in [4.78, 5) is 13.2. The average Bonchev–Trinajstić information content (AvgIpc) is 3.85. The lowest BCUT2D eigenvalue weighted by Crippen LogP contribution is -2.43. The van der Waals surface area contributed by atoms with Crippen molar-refractivity contribution in [1.29, 1.82) is 0 Å². The number of hydrogen-bond donors (Lipinski definition) is 5. The van der Waals surface area contributed by atoms with Crippen molar-refractivity contribution in [1.82, 2.24) is 0 Å². The van der Waals surface area contributed by atoms with E-state index in [0.717, 1.165) is 30.4 Å². The average molecular weight is 805 g/mol. The molecular formula is C45H72O12. The van der Waals surface area contributed by atoms with Crippen molar-refractivity contribution in [3.63, 3.8) is 0 Å². The topological polar surface area (TPSA) is 177 Å². The highest BCUT2D eigenvalue weighted by molar-refractivity contribution is 5.82. The molecule has 0 unspecified atom stereocenters. The highest BCUT2D eigenvalue weighted by Gasteiger charge is 2.61. The molecule has 2 rings (SSSR count). The Labute approximate surface area is 341 Å². The van der Waals surface area contributed by atoms with Gasteiger partial charge in [-0.05, 0) is 58.4 Å². The highest BCUT2D eigenvalue weighted by atomic mass is 16.6. The van der Waals surface area contributed by atoms with E-state index in [1.165, 1.54) is 33.5 Å². The Morgan fingerprint density at radius 3 is 2.18 bits per heavy atom. The van der Waals surface area contributed by atoms with Gasteiger partial charge < -0.3 is 54.0 Å². The van der Waals surface area contributed by atoms with Crippen LogP contribution < -0.4 is 0 Å². The van der Waals surface area contributed by atoms with Crippen molar-refractivity contribution < 1.29 is 58.7 Å². The molecule has 1 fully saturated rings. The van der Waals surface area contributed by atoms with Gasteiger partial charge in [0, 0.05) is 40.4 Å².